The van der Waals surface area contributed by atoms with Gasteiger partial charge in [0, 0.05) is 18.0 Å². The molecule has 3 aliphatic carbocycles. The van der Waals surface area contributed by atoms with Gasteiger partial charge in [0.25, 0.3) is 0 Å². The normalized spacial score (nSPS) is 37.5. The van der Waals surface area contributed by atoms with Crippen molar-refractivity contribution < 1.29 is 5.11 Å². The van der Waals surface area contributed by atoms with Crippen LogP contribution in [0.1, 0.15) is 56.1 Å². The Morgan fingerprint density at radius 1 is 1.14 bits per heavy atom. The van der Waals surface area contributed by atoms with E-state index in [1.54, 1.807) is 0 Å². The highest BCUT2D eigenvalue weighted by Crippen LogP contribution is 2.56. The maximum atomic E-state index is 10.0. The van der Waals surface area contributed by atoms with Crippen molar-refractivity contribution in [2.75, 3.05) is 13.1 Å². The highest BCUT2D eigenvalue weighted by Gasteiger charge is 2.54. The smallest absolute Gasteiger partial charge is 0.115 e. The summed E-state index contributed by atoms with van der Waals surface area (Å²) in [6.07, 6.45) is 11.0. The topological polar surface area (TPSA) is 23.5 Å². The molecule has 0 spiro atoms. The fraction of sp³-hybridized carbons (Fsp3) is 0.700. The molecule has 2 bridgehead atoms. The molecule has 0 aromatic heterocycles. The minimum Gasteiger partial charge on any atom is -0.508 e. The molecule has 0 radical (unpaired) electrons. The molecule has 1 aliphatic heterocycles. The van der Waals surface area contributed by atoms with Gasteiger partial charge >= 0.3 is 0 Å². The molecule has 1 heterocycles. The molecule has 22 heavy (non-hydrogen) atoms. The van der Waals surface area contributed by atoms with Crippen molar-refractivity contribution in [3.05, 3.63) is 29.3 Å². The first-order valence-corrected chi connectivity index (χ1v) is 9.33. The first-order valence-electron chi connectivity index (χ1n) is 9.33. The largest absolute Gasteiger partial charge is 0.508 e. The maximum Gasteiger partial charge on any atom is 0.115 e. The number of likely N-dealkylation sites (tertiary alicyclic amines) is 1. The molecule has 1 aromatic rings. The highest BCUT2D eigenvalue weighted by atomic mass is 16.3. The van der Waals surface area contributed by atoms with E-state index in [2.05, 4.69) is 17.0 Å². The van der Waals surface area contributed by atoms with Gasteiger partial charge in [-0.3, -0.25) is 4.90 Å². The van der Waals surface area contributed by atoms with E-state index in [1.807, 2.05) is 6.07 Å². The first-order chi connectivity index (χ1) is 10.8. The zero-order valence-electron chi connectivity index (χ0n) is 13.4. The van der Waals surface area contributed by atoms with Gasteiger partial charge in [-0.15, -0.1) is 0 Å². The minimum atomic E-state index is 0.384. The van der Waals surface area contributed by atoms with Crippen molar-refractivity contribution >= 4 is 0 Å². The number of rotatable bonds is 2. The minimum absolute atomic E-state index is 0.384. The number of hydrogen-bond acceptors (Lipinski definition) is 2. The summed E-state index contributed by atoms with van der Waals surface area (Å²) in [6, 6.07) is 7.00. The predicted octanol–water partition coefficient (Wildman–Crippen LogP) is 3.86. The summed E-state index contributed by atoms with van der Waals surface area (Å²) < 4.78 is 0. The third-order valence-corrected chi connectivity index (χ3v) is 7.12. The quantitative estimate of drug-likeness (QED) is 0.896. The fourth-order valence-electron chi connectivity index (χ4n) is 5.93. The third-order valence-electron chi connectivity index (χ3n) is 7.12. The van der Waals surface area contributed by atoms with Gasteiger partial charge in [-0.05, 0) is 80.2 Å². The van der Waals surface area contributed by atoms with Crippen LogP contribution in [-0.4, -0.2) is 29.1 Å². The number of piperidine rings is 1. The summed E-state index contributed by atoms with van der Waals surface area (Å²) in [7, 11) is 0. The predicted molar refractivity (Wildman–Crippen MR) is 88.1 cm³/mol. The lowest BCUT2D eigenvalue weighted by molar-refractivity contribution is -0.0134. The van der Waals surface area contributed by atoms with Crippen molar-refractivity contribution in [3.8, 4) is 5.75 Å². The summed E-state index contributed by atoms with van der Waals surface area (Å²) in [4.78, 5) is 2.85. The zero-order valence-corrected chi connectivity index (χ0v) is 13.4. The number of fused-ring (bicyclic) bond motifs is 1. The molecule has 3 fully saturated rings. The van der Waals surface area contributed by atoms with Crippen LogP contribution in [0.4, 0.5) is 0 Å². The lowest BCUT2D eigenvalue weighted by atomic mass is 9.52. The number of benzene rings is 1. The summed E-state index contributed by atoms with van der Waals surface area (Å²) in [5.74, 6) is 2.30. The van der Waals surface area contributed by atoms with Crippen molar-refractivity contribution in [3.63, 3.8) is 0 Å². The lowest BCUT2D eigenvalue weighted by Crippen LogP contribution is -2.61. The zero-order chi connectivity index (χ0) is 14.7. The van der Waals surface area contributed by atoms with E-state index in [1.165, 1.54) is 75.6 Å². The SMILES string of the molecule is Oc1ccc2c(c1)[C@@]13CCCC[C@H]1[C@H](C2)N(CC1CC1)CC3. The van der Waals surface area contributed by atoms with Gasteiger partial charge < -0.3 is 5.11 Å². The van der Waals surface area contributed by atoms with Crippen molar-refractivity contribution in [1.29, 1.82) is 0 Å². The van der Waals surface area contributed by atoms with Gasteiger partial charge in [0.1, 0.15) is 5.75 Å². The Hall–Kier alpha value is -1.02. The average molecular weight is 297 g/mol. The molecule has 118 valence electrons. The van der Waals surface area contributed by atoms with E-state index in [0.717, 1.165) is 17.9 Å². The monoisotopic (exact) mass is 297 g/mol. The second-order valence-corrected chi connectivity index (χ2v) is 8.31. The maximum absolute atomic E-state index is 10.0. The first kappa shape index (κ1) is 13.4. The number of aromatic hydroxyl groups is 1. The third kappa shape index (κ3) is 1.89. The molecule has 3 atom stereocenters. The van der Waals surface area contributed by atoms with Crippen molar-refractivity contribution in [2.24, 2.45) is 11.8 Å². The molecule has 0 unspecified atom stereocenters. The van der Waals surface area contributed by atoms with E-state index in [9.17, 15) is 5.11 Å². The van der Waals surface area contributed by atoms with Gasteiger partial charge in [-0.25, -0.2) is 0 Å². The van der Waals surface area contributed by atoms with Gasteiger partial charge in [0.15, 0.2) is 0 Å². The van der Waals surface area contributed by atoms with Crippen molar-refractivity contribution in [1.82, 2.24) is 4.90 Å². The molecule has 4 aliphatic rings. The molecule has 1 N–H and O–H groups in total. The molecule has 2 heteroatoms. The number of hydrogen-bond donors (Lipinski definition) is 1. The van der Waals surface area contributed by atoms with Crippen LogP contribution in [-0.2, 0) is 11.8 Å². The van der Waals surface area contributed by atoms with Gasteiger partial charge in [0.2, 0.25) is 0 Å². The molecular weight excluding hydrogens is 270 g/mol. The van der Waals surface area contributed by atoms with E-state index in [0.29, 0.717) is 11.2 Å². The van der Waals surface area contributed by atoms with Gasteiger partial charge in [-0.1, -0.05) is 18.9 Å². The molecule has 5 rings (SSSR count). The lowest BCUT2D eigenvalue weighted by Gasteiger charge is -2.59. The molecule has 0 amide bonds. The fourth-order valence-corrected chi connectivity index (χ4v) is 5.93. The molecule has 2 saturated carbocycles. The Morgan fingerprint density at radius 2 is 2.05 bits per heavy atom. The van der Waals surface area contributed by atoms with Gasteiger partial charge in [0.05, 0.1) is 0 Å². The summed E-state index contributed by atoms with van der Waals surface area (Å²) in [5.41, 5.74) is 3.43. The Kier molecular flexibility index (Phi) is 2.89. The van der Waals surface area contributed by atoms with Crippen LogP contribution < -0.4 is 0 Å². The Labute approximate surface area is 133 Å². The van der Waals surface area contributed by atoms with Crippen LogP contribution in [0.2, 0.25) is 0 Å². The van der Waals surface area contributed by atoms with E-state index >= 15 is 0 Å². The Balaban J connectivity index is 1.58. The van der Waals surface area contributed by atoms with Crippen LogP contribution in [0.25, 0.3) is 0 Å². The van der Waals surface area contributed by atoms with Crippen LogP contribution >= 0.6 is 0 Å². The molecule has 1 aromatic carbocycles. The van der Waals surface area contributed by atoms with Crippen LogP contribution in [0.5, 0.6) is 5.75 Å². The summed E-state index contributed by atoms with van der Waals surface area (Å²) in [5, 5.41) is 10.0. The second-order valence-electron chi connectivity index (χ2n) is 8.31. The summed E-state index contributed by atoms with van der Waals surface area (Å²) >= 11 is 0. The average Bonchev–Trinajstić information content (AvgIpc) is 3.35. The van der Waals surface area contributed by atoms with E-state index in [-0.39, 0.29) is 0 Å². The second kappa shape index (κ2) is 4.74. The molecule has 1 saturated heterocycles. The van der Waals surface area contributed by atoms with E-state index in [4.69, 9.17) is 0 Å². The number of nitrogens with zero attached hydrogens (tertiary/aromatic N) is 1. The Morgan fingerprint density at radius 3 is 2.91 bits per heavy atom. The van der Waals surface area contributed by atoms with E-state index < -0.39 is 0 Å². The van der Waals surface area contributed by atoms with Crippen LogP contribution in [0.3, 0.4) is 0 Å². The summed E-state index contributed by atoms with van der Waals surface area (Å²) in [6.45, 7) is 2.64. The van der Waals surface area contributed by atoms with Crippen molar-refractivity contribution in [2.45, 2.75) is 62.8 Å². The molecule has 2 nitrogen and oxygen atoms in total. The Bertz CT molecular complexity index is 593. The van der Waals surface area contributed by atoms with Crippen LogP contribution in [0.15, 0.2) is 18.2 Å². The molecular formula is C20H27NO. The number of phenolic OH excluding ortho intramolecular Hbond substituents is 1. The number of phenols is 1. The van der Waals surface area contributed by atoms with Gasteiger partial charge in [-0.2, -0.15) is 0 Å². The van der Waals surface area contributed by atoms with Crippen LogP contribution in [0, 0.1) is 11.8 Å². The standard InChI is InChI=1S/C20H27NO/c22-16-7-6-15-11-19-17-3-1-2-8-20(17,18(15)12-16)9-10-21(19)13-14-4-5-14/h6-7,12,14,17,19,22H,1-5,8-11,13H2/t17-,19-,20+/m0/s1. The highest BCUT2D eigenvalue weighted by molar-refractivity contribution is 5.45.